The Bertz CT molecular complexity index is 685. The fourth-order valence-corrected chi connectivity index (χ4v) is 3.94. The number of hydrogen-bond donors (Lipinski definition) is 0. The highest BCUT2D eigenvalue weighted by Gasteiger charge is 2.44. The first-order valence-electron chi connectivity index (χ1n) is 8.46. The summed E-state index contributed by atoms with van der Waals surface area (Å²) >= 11 is 0. The lowest BCUT2D eigenvalue weighted by Gasteiger charge is -2.50. The van der Waals surface area contributed by atoms with Gasteiger partial charge in [-0.05, 0) is 43.9 Å². The van der Waals surface area contributed by atoms with Gasteiger partial charge < -0.3 is 9.80 Å². The summed E-state index contributed by atoms with van der Waals surface area (Å²) in [6.45, 7) is 0.878. The average molecular weight is 354 g/mol. The molecule has 25 heavy (non-hydrogen) atoms. The quantitative estimate of drug-likeness (QED) is 0.776. The number of piperidine rings is 2. The van der Waals surface area contributed by atoms with Crippen LogP contribution in [0.5, 0.6) is 0 Å². The van der Waals surface area contributed by atoms with Crippen LogP contribution in [0.15, 0.2) is 24.3 Å². The zero-order chi connectivity index (χ0) is 18.2. The predicted octanol–water partition coefficient (Wildman–Crippen LogP) is 3.32. The first-order valence-corrected chi connectivity index (χ1v) is 8.46. The summed E-state index contributed by atoms with van der Waals surface area (Å²) in [6.07, 6.45) is -0.796. The van der Waals surface area contributed by atoms with Gasteiger partial charge in [0.2, 0.25) is 5.91 Å². The van der Waals surface area contributed by atoms with E-state index in [1.54, 1.807) is 16.8 Å². The average Bonchev–Trinajstić information content (AvgIpc) is 2.59. The Hall–Kier alpha value is -2.05. The minimum absolute atomic E-state index is 0.0386. The fourth-order valence-electron chi connectivity index (χ4n) is 3.94. The van der Waals surface area contributed by atoms with Gasteiger partial charge in [-0.25, -0.2) is 0 Å². The molecule has 1 spiro atoms. The Labute approximate surface area is 144 Å². The summed E-state index contributed by atoms with van der Waals surface area (Å²) in [4.78, 5) is 28.1. The van der Waals surface area contributed by atoms with Gasteiger partial charge in [-0.1, -0.05) is 6.07 Å². The van der Waals surface area contributed by atoms with Crippen molar-refractivity contribution in [3.8, 4) is 0 Å². The van der Waals surface area contributed by atoms with Crippen molar-refractivity contribution in [1.29, 1.82) is 0 Å². The highest BCUT2D eigenvalue weighted by molar-refractivity contribution is 5.94. The van der Waals surface area contributed by atoms with Crippen LogP contribution in [0.25, 0.3) is 0 Å². The molecule has 0 radical (unpaired) electrons. The van der Waals surface area contributed by atoms with Gasteiger partial charge in [-0.2, -0.15) is 13.2 Å². The number of alkyl halides is 3. The van der Waals surface area contributed by atoms with Crippen LogP contribution in [-0.4, -0.2) is 47.3 Å². The monoisotopic (exact) mass is 354 g/mol. The number of hydrogen-bond acceptors (Lipinski definition) is 2. The molecule has 4 nitrogen and oxygen atoms in total. The van der Waals surface area contributed by atoms with Gasteiger partial charge in [0.15, 0.2) is 0 Å². The van der Waals surface area contributed by atoms with Crippen LogP contribution in [-0.2, 0) is 11.0 Å². The molecule has 0 aliphatic carbocycles. The number of halogens is 3. The highest BCUT2D eigenvalue weighted by Crippen LogP contribution is 2.36. The van der Waals surface area contributed by atoms with E-state index in [1.807, 2.05) is 0 Å². The van der Waals surface area contributed by atoms with Gasteiger partial charge in [0.05, 0.1) is 11.1 Å². The fraction of sp³-hybridized carbons (Fsp3) is 0.556. The Kier molecular flexibility index (Phi) is 4.51. The maximum absolute atomic E-state index is 12.9. The number of likely N-dealkylation sites (tertiary alicyclic amines) is 2. The van der Waals surface area contributed by atoms with Gasteiger partial charge in [0, 0.05) is 32.1 Å². The Morgan fingerprint density at radius 3 is 2.64 bits per heavy atom. The van der Waals surface area contributed by atoms with Gasteiger partial charge in [-0.15, -0.1) is 0 Å². The molecule has 1 aromatic rings. The van der Waals surface area contributed by atoms with E-state index in [1.165, 1.54) is 12.1 Å². The minimum Gasteiger partial charge on any atom is -0.338 e. The van der Waals surface area contributed by atoms with E-state index in [9.17, 15) is 22.8 Å². The van der Waals surface area contributed by atoms with Gasteiger partial charge >= 0.3 is 6.18 Å². The number of rotatable bonds is 1. The second-order valence-corrected chi connectivity index (χ2v) is 6.94. The first kappa shape index (κ1) is 17.8. The number of benzene rings is 1. The summed E-state index contributed by atoms with van der Waals surface area (Å²) < 4.78 is 38.7. The molecule has 1 unspecified atom stereocenters. The Balaban J connectivity index is 1.82. The van der Waals surface area contributed by atoms with Crippen molar-refractivity contribution in [2.75, 3.05) is 20.1 Å². The van der Waals surface area contributed by atoms with Crippen molar-refractivity contribution < 1.29 is 22.8 Å². The molecule has 2 saturated heterocycles. The van der Waals surface area contributed by atoms with Crippen LogP contribution in [0.2, 0.25) is 0 Å². The normalized spacial score (nSPS) is 24.7. The van der Waals surface area contributed by atoms with Gasteiger partial charge in [0.25, 0.3) is 5.91 Å². The van der Waals surface area contributed by atoms with Crippen LogP contribution in [0.3, 0.4) is 0 Å². The van der Waals surface area contributed by atoms with Crippen molar-refractivity contribution in [3.63, 3.8) is 0 Å². The van der Waals surface area contributed by atoms with Crippen molar-refractivity contribution in [3.05, 3.63) is 35.4 Å². The van der Waals surface area contributed by atoms with E-state index in [4.69, 9.17) is 0 Å². The maximum Gasteiger partial charge on any atom is 0.416 e. The molecule has 2 amide bonds. The molecule has 2 fully saturated rings. The number of carbonyl (C=O) groups is 2. The third-order valence-corrected chi connectivity index (χ3v) is 5.40. The standard InChI is InChI=1S/C18H21F3N2O2/c1-22-15(24)7-3-8-17(22)9-4-10-23(12-17)16(25)13-5-2-6-14(11-13)18(19,20)21/h2,5-6,11H,3-4,7-10,12H2,1H3. The lowest BCUT2D eigenvalue weighted by molar-refractivity contribution is -0.142. The van der Waals surface area contributed by atoms with Crippen LogP contribution < -0.4 is 0 Å². The van der Waals surface area contributed by atoms with E-state index in [0.29, 0.717) is 19.5 Å². The van der Waals surface area contributed by atoms with Crippen molar-refractivity contribution in [2.24, 2.45) is 0 Å². The molecule has 2 heterocycles. The molecule has 2 aliphatic rings. The summed E-state index contributed by atoms with van der Waals surface area (Å²) in [7, 11) is 1.76. The van der Waals surface area contributed by atoms with E-state index >= 15 is 0 Å². The molecule has 0 bridgehead atoms. The van der Waals surface area contributed by atoms with Crippen molar-refractivity contribution >= 4 is 11.8 Å². The minimum atomic E-state index is -4.48. The summed E-state index contributed by atoms with van der Waals surface area (Å²) in [5.41, 5.74) is -1.17. The topological polar surface area (TPSA) is 40.6 Å². The highest BCUT2D eigenvalue weighted by atomic mass is 19.4. The third-order valence-electron chi connectivity index (χ3n) is 5.40. The number of amides is 2. The van der Waals surface area contributed by atoms with Crippen LogP contribution in [0.4, 0.5) is 13.2 Å². The first-order chi connectivity index (χ1) is 11.7. The molecule has 7 heteroatoms. The van der Waals surface area contributed by atoms with E-state index in [0.717, 1.165) is 37.8 Å². The zero-order valence-corrected chi connectivity index (χ0v) is 14.1. The molecule has 2 aliphatic heterocycles. The SMILES string of the molecule is CN1C(=O)CCCC12CCCN(C(=O)c1cccc(C(F)(F)F)c1)C2. The second kappa shape index (κ2) is 6.35. The number of nitrogens with zero attached hydrogens (tertiary/aromatic N) is 2. The lowest BCUT2D eigenvalue weighted by atomic mass is 9.80. The molecule has 0 N–H and O–H groups in total. The molecule has 1 aromatic carbocycles. The molecule has 136 valence electrons. The maximum atomic E-state index is 12.9. The van der Waals surface area contributed by atoms with Gasteiger partial charge in [-0.3, -0.25) is 9.59 Å². The second-order valence-electron chi connectivity index (χ2n) is 6.94. The van der Waals surface area contributed by atoms with Crippen molar-refractivity contribution in [1.82, 2.24) is 9.80 Å². The molecule has 0 saturated carbocycles. The Morgan fingerprint density at radius 1 is 1.20 bits per heavy atom. The van der Waals surface area contributed by atoms with E-state index in [-0.39, 0.29) is 17.0 Å². The van der Waals surface area contributed by atoms with Crippen LogP contribution in [0, 0.1) is 0 Å². The lowest BCUT2D eigenvalue weighted by Crippen LogP contribution is -2.61. The van der Waals surface area contributed by atoms with Crippen LogP contribution in [0.1, 0.15) is 48.0 Å². The molecular formula is C18H21F3N2O2. The smallest absolute Gasteiger partial charge is 0.338 e. The van der Waals surface area contributed by atoms with E-state index < -0.39 is 17.6 Å². The zero-order valence-electron chi connectivity index (χ0n) is 14.1. The third kappa shape index (κ3) is 3.37. The largest absolute Gasteiger partial charge is 0.416 e. The summed E-state index contributed by atoms with van der Waals surface area (Å²) in [6, 6.07) is 4.53. The van der Waals surface area contributed by atoms with Gasteiger partial charge in [0.1, 0.15) is 0 Å². The predicted molar refractivity (Wildman–Crippen MR) is 85.9 cm³/mol. The number of carbonyl (C=O) groups excluding carboxylic acids is 2. The molecule has 1 atom stereocenters. The Morgan fingerprint density at radius 2 is 1.92 bits per heavy atom. The number of likely N-dealkylation sites (N-methyl/N-ethyl adjacent to an activating group) is 1. The van der Waals surface area contributed by atoms with Crippen molar-refractivity contribution in [2.45, 2.75) is 43.8 Å². The van der Waals surface area contributed by atoms with Crippen LogP contribution >= 0.6 is 0 Å². The molecule has 3 rings (SSSR count). The van der Waals surface area contributed by atoms with E-state index in [2.05, 4.69) is 0 Å². The summed E-state index contributed by atoms with van der Waals surface area (Å²) in [5, 5.41) is 0. The molecular weight excluding hydrogens is 333 g/mol. The molecule has 0 aromatic heterocycles. The summed E-state index contributed by atoms with van der Waals surface area (Å²) in [5.74, 6) is -0.337.